The molecule has 1 aliphatic heterocycles. The van der Waals surface area contributed by atoms with E-state index in [4.69, 9.17) is 9.47 Å². The number of nitrogens with one attached hydrogen (secondary N) is 1. The van der Waals surface area contributed by atoms with Gasteiger partial charge >= 0.3 is 0 Å². The fraction of sp³-hybridized carbons (Fsp3) is 0.667. The summed E-state index contributed by atoms with van der Waals surface area (Å²) in [6.45, 7) is 3.78. The molecular formula is C21H35IN4O2. The molecule has 3 rings (SSSR count). The molecule has 0 amide bonds. The van der Waals surface area contributed by atoms with Gasteiger partial charge in [0.05, 0.1) is 14.2 Å². The van der Waals surface area contributed by atoms with Crippen molar-refractivity contribution in [3.63, 3.8) is 0 Å². The second kappa shape index (κ2) is 11.1. The molecule has 7 heteroatoms. The average molecular weight is 502 g/mol. The van der Waals surface area contributed by atoms with Crippen LogP contribution in [0.1, 0.15) is 36.8 Å². The van der Waals surface area contributed by atoms with Gasteiger partial charge in [0.1, 0.15) is 0 Å². The van der Waals surface area contributed by atoms with Crippen LogP contribution in [0.4, 0.5) is 0 Å². The number of aliphatic imine (C=N–C) groups is 1. The highest BCUT2D eigenvalue weighted by atomic mass is 127. The van der Waals surface area contributed by atoms with Crippen molar-refractivity contribution in [2.45, 2.75) is 44.7 Å². The minimum absolute atomic E-state index is 0. The van der Waals surface area contributed by atoms with Gasteiger partial charge in [-0.15, -0.1) is 24.0 Å². The van der Waals surface area contributed by atoms with Gasteiger partial charge in [-0.05, 0) is 49.6 Å². The van der Waals surface area contributed by atoms with Crippen molar-refractivity contribution in [2.75, 3.05) is 47.9 Å². The topological polar surface area (TPSA) is 49.3 Å². The first kappa shape index (κ1) is 23.1. The first-order valence-corrected chi connectivity index (χ1v) is 10.1. The number of fused-ring (bicyclic) bond motifs is 1. The number of rotatable bonds is 6. The van der Waals surface area contributed by atoms with Crippen LogP contribution >= 0.6 is 24.0 Å². The summed E-state index contributed by atoms with van der Waals surface area (Å²) in [5, 5.41) is 3.55. The highest BCUT2D eigenvalue weighted by Crippen LogP contribution is 2.33. The van der Waals surface area contributed by atoms with E-state index >= 15 is 0 Å². The van der Waals surface area contributed by atoms with Gasteiger partial charge < -0.3 is 24.6 Å². The Bertz CT molecular complexity index is 662. The molecule has 158 valence electrons. The molecule has 1 heterocycles. The lowest BCUT2D eigenvalue weighted by Crippen LogP contribution is -2.46. The van der Waals surface area contributed by atoms with Crippen molar-refractivity contribution in [1.29, 1.82) is 0 Å². The van der Waals surface area contributed by atoms with Crippen molar-refractivity contribution < 1.29 is 9.47 Å². The summed E-state index contributed by atoms with van der Waals surface area (Å²) >= 11 is 0. The predicted octanol–water partition coefficient (Wildman–Crippen LogP) is 3.13. The SMILES string of the molecule is CN=C(NCCN(C)C1CCCC1)N1CCc2cc(OC)c(OC)cc2C1.I. The summed E-state index contributed by atoms with van der Waals surface area (Å²) in [5.74, 6) is 2.58. The number of methoxy groups -OCH3 is 2. The first-order chi connectivity index (χ1) is 13.2. The van der Waals surface area contributed by atoms with E-state index < -0.39 is 0 Å². The second-order valence-electron chi connectivity index (χ2n) is 7.54. The third-order valence-corrected chi connectivity index (χ3v) is 5.93. The fourth-order valence-electron chi connectivity index (χ4n) is 4.27. The Morgan fingerprint density at radius 2 is 1.82 bits per heavy atom. The molecule has 1 aliphatic carbocycles. The maximum atomic E-state index is 5.47. The van der Waals surface area contributed by atoms with Crippen LogP contribution in [0.15, 0.2) is 17.1 Å². The number of nitrogens with zero attached hydrogens (tertiary/aromatic N) is 3. The van der Waals surface area contributed by atoms with Crippen molar-refractivity contribution in [1.82, 2.24) is 15.1 Å². The van der Waals surface area contributed by atoms with Crippen molar-refractivity contribution in [3.05, 3.63) is 23.3 Å². The molecule has 0 radical (unpaired) electrons. The van der Waals surface area contributed by atoms with Crippen LogP contribution in [0.5, 0.6) is 11.5 Å². The van der Waals surface area contributed by atoms with Gasteiger partial charge in [0.25, 0.3) is 0 Å². The maximum Gasteiger partial charge on any atom is 0.194 e. The summed E-state index contributed by atoms with van der Waals surface area (Å²) in [4.78, 5) is 9.33. The minimum atomic E-state index is 0. The largest absolute Gasteiger partial charge is 0.493 e. The molecule has 0 bridgehead atoms. The van der Waals surface area contributed by atoms with E-state index in [0.717, 1.165) is 56.1 Å². The van der Waals surface area contributed by atoms with Gasteiger partial charge in [0.15, 0.2) is 17.5 Å². The van der Waals surface area contributed by atoms with Gasteiger partial charge in [-0.1, -0.05) is 12.8 Å². The Kier molecular flexibility index (Phi) is 9.14. The molecule has 1 aromatic rings. The van der Waals surface area contributed by atoms with Crippen LogP contribution in [0.3, 0.4) is 0 Å². The molecule has 2 aliphatic rings. The van der Waals surface area contributed by atoms with Crippen LogP contribution in [0.25, 0.3) is 0 Å². The molecule has 0 unspecified atom stereocenters. The van der Waals surface area contributed by atoms with Crippen LogP contribution in [-0.2, 0) is 13.0 Å². The molecule has 1 fully saturated rings. The predicted molar refractivity (Wildman–Crippen MR) is 125 cm³/mol. The lowest BCUT2D eigenvalue weighted by Gasteiger charge is -2.33. The van der Waals surface area contributed by atoms with Crippen molar-refractivity contribution >= 4 is 29.9 Å². The van der Waals surface area contributed by atoms with Gasteiger partial charge in [-0.2, -0.15) is 0 Å². The zero-order chi connectivity index (χ0) is 19.2. The fourth-order valence-corrected chi connectivity index (χ4v) is 4.27. The summed E-state index contributed by atoms with van der Waals surface area (Å²) in [5.41, 5.74) is 2.62. The average Bonchev–Trinajstić information content (AvgIpc) is 3.24. The van der Waals surface area contributed by atoms with Crippen LogP contribution in [-0.4, -0.2) is 69.8 Å². The molecule has 6 nitrogen and oxygen atoms in total. The van der Waals surface area contributed by atoms with Crippen LogP contribution in [0.2, 0.25) is 0 Å². The molecule has 1 saturated carbocycles. The molecular weight excluding hydrogens is 467 g/mol. The monoisotopic (exact) mass is 502 g/mol. The number of likely N-dealkylation sites (N-methyl/N-ethyl adjacent to an activating group) is 1. The normalized spacial score (nSPS) is 17.3. The molecule has 0 aromatic heterocycles. The van der Waals surface area contributed by atoms with E-state index in [2.05, 4.69) is 39.3 Å². The molecule has 1 N–H and O–H groups in total. The number of benzene rings is 1. The Labute approximate surface area is 186 Å². The Morgan fingerprint density at radius 3 is 2.43 bits per heavy atom. The molecule has 0 saturated heterocycles. The van der Waals surface area contributed by atoms with E-state index in [0.29, 0.717) is 0 Å². The summed E-state index contributed by atoms with van der Waals surface area (Å²) in [6.07, 6.45) is 6.44. The molecule has 0 atom stereocenters. The third-order valence-electron chi connectivity index (χ3n) is 5.93. The lowest BCUT2D eigenvalue weighted by molar-refractivity contribution is 0.247. The number of hydrogen-bond acceptors (Lipinski definition) is 4. The lowest BCUT2D eigenvalue weighted by atomic mass is 9.99. The van der Waals surface area contributed by atoms with Gasteiger partial charge in [-0.3, -0.25) is 4.99 Å². The van der Waals surface area contributed by atoms with E-state index in [1.165, 1.54) is 36.8 Å². The molecule has 1 aromatic carbocycles. The zero-order valence-corrected chi connectivity index (χ0v) is 20.0. The van der Waals surface area contributed by atoms with E-state index in [-0.39, 0.29) is 24.0 Å². The number of hydrogen-bond donors (Lipinski definition) is 1. The highest BCUT2D eigenvalue weighted by Gasteiger charge is 2.22. The molecule has 0 spiro atoms. The Morgan fingerprint density at radius 1 is 1.18 bits per heavy atom. The van der Waals surface area contributed by atoms with Gasteiger partial charge in [0, 0.05) is 39.3 Å². The molecule has 28 heavy (non-hydrogen) atoms. The maximum absolute atomic E-state index is 5.47. The Balaban J connectivity index is 0.00000280. The van der Waals surface area contributed by atoms with Crippen LogP contribution < -0.4 is 14.8 Å². The standard InChI is InChI=1S/C21H34N4O2.HI/c1-22-21(23-10-12-24(2)18-7-5-6-8-18)25-11-9-16-13-19(26-3)20(27-4)14-17(16)15-25;/h13-14,18H,5-12,15H2,1-4H3,(H,22,23);1H. The van der Waals surface area contributed by atoms with Crippen molar-refractivity contribution in [3.8, 4) is 11.5 Å². The highest BCUT2D eigenvalue weighted by molar-refractivity contribution is 14.0. The quantitative estimate of drug-likeness (QED) is 0.368. The van der Waals surface area contributed by atoms with Crippen LogP contribution in [0, 0.1) is 0 Å². The third kappa shape index (κ3) is 5.43. The van der Waals surface area contributed by atoms with E-state index in [1.54, 1.807) is 14.2 Å². The van der Waals surface area contributed by atoms with E-state index in [9.17, 15) is 0 Å². The zero-order valence-electron chi connectivity index (χ0n) is 17.7. The van der Waals surface area contributed by atoms with Crippen molar-refractivity contribution in [2.24, 2.45) is 4.99 Å². The Hall–Kier alpha value is -1.22. The van der Waals surface area contributed by atoms with Gasteiger partial charge in [0.2, 0.25) is 0 Å². The smallest absolute Gasteiger partial charge is 0.194 e. The van der Waals surface area contributed by atoms with E-state index in [1.807, 2.05) is 7.05 Å². The number of guanidine groups is 1. The number of halogens is 1. The van der Waals surface area contributed by atoms with Gasteiger partial charge in [-0.25, -0.2) is 0 Å². The second-order valence-corrected chi connectivity index (χ2v) is 7.54. The number of ether oxygens (including phenoxy) is 2. The summed E-state index contributed by atoms with van der Waals surface area (Å²) < 4.78 is 10.9. The minimum Gasteiger partial charge on any atom is -0.493 e. The summed E-state index contributed by atoms with van der Waals surface area (Å²) in [6, 6.07) is 4.97. The first-order valence-electron chi connectivity index (χ1n) is 10.1. The summed E-state index contributed by atoms with van der Waals surface area (Å²) in [7, 11) is 7.49.